The number of unbranched alkanes of at least 4 members (excludes halogenated alkanes) is 3. The van der Waals surface area contributed by atoms with Gasteiger partial charge in [0.15, 0.2) is 6.29 Å². The Morgan fingerprint density at radius 1 is 1.28 bits per heavy atom. The number of alkyl halides is 1. The standard InChI is InChI=1S/C15H25IO2/c1-14(18-15-11-7-9-13-17-15)10-6-4-2-3-5-8-12-16/h14-15H,2-4,6-7,9-13H2,1H3. The van der Waals surface area contributed by atoms with Crippen LogP contribution < -0.4 is 0 Å². The lowest BCUT2D eigenvalue weighted by Gasteiger charge is -2.26. The third-order valence-electron chi connectivity index (χ3n) is 3.13. The lowest BCUT2D eigenvalue weighted by molar-refractivity contribution is -0.185. The molecule has 3 heteroatoms. The molecule has 1 aliphatic heterocycles. The zero-order valence-corrected chi connectivity index (χ0v) is 13.6. The van der Waals surface area contributed by atoms with E-state index in [2.05, 4.69) is 41.4 Å². The fourth-order valence-electron chi connectivity index (χ4n) is 2.10. The van der Waals surface area contributed by atoms with Gasteiger partial charge in [-0.15, -0.1) is 5.92 Å². The maximum Gasteiger partial charge on any atom is 0.157 e. The van der Waals surface area contributed by atoms with E-state index in [1.807, 2.05) is 0 Å². The molecule has 0 aromatic heterocycles. The van der Waals surface area contributed by atoms with Crippen molar-refractivity contribution in [1.82, 2.24) is 0 Å². The second-order valence-corrected chi connectivity index (χ2v) is 5.59. The second-order valence-electron chi connectivity index (χ2n) is 4.83. The highest BCUT2D eigenvalue weighted by Gasteiger charge is 2.16. The Balaban J connectivity index is 1.94. The molecule has 1 aliphatic rings. The minimum atomic E-state index is 0.0586. The first-order valence-electron chi connectivity index (χ1n) is 7.11. The fourth-order valence-corrected chi connectivity index (χ4v) is 2.37. The maximum absolute atomic E-state index is 5.89. The molecule has 104 valence electrons. The van der Waals surface area contributed by atoms with Crippen molar-refractivity contribution in [2.24, 2.45) is 0 Å². The van der Waals surface area contributed by atoms with E-state index in [1.165, 1.54) is 32.1 Å². The normalized spacial score (nSPS) is 21.1. The molecule has 1 heterocycles. The van der Waals surface area contributed by atoms with Gasteiger partial charge in [-0.1, -0.05) is 41.4 Å². The summed E-state index contributed by atoms with van der Waals surface area (Å²) in [6.45, 7) is 3.03. The van der Waals surface area contributed by atoms with E-state index >= 15 is 0 Å². The Morgan fingerprint density at radius 2 is 2.17 bits per heavy atom. The van der Waals surface area contributed by atoms with E-state index in [0.717, 1.165) is 30.3 Å². The van der Waals surface area contributed by atoms with E-state index in [4.69, 9.17) is 9.47 Å². The molecule has 2 atom stereocenters. The molecule has 1 fully saturated rings. The Hall–Kier alpha value is 0.210. The van der Waals surface area contributed by atoms with Gasteiger partial charge in [-0.3, -0.25) is 0 Å². The summed E-state index contributed by atoms with van der Waals surface area (Å²) in [6, 6.07) is 0. The molecule has 18 heavy (non-hydrogen) atoms. The number of ether oxygens (including phenoxy) is 2. The van der Waals surface area contributed by atoms with Gasteiger partial charge in [0.25, 0.3) is 0 Å². The molecule has 2 nitrogen and oxygen atoms in total. The monoisotopic (exact) mass is 364 g/mol. The average Bonchev–Trinajstić information content (AvgIpc) is 2.39. The van der Waals surface area contributed by atoms with Crippen molar-refractivity contribution in [1.29, 1.82) is 0 Å². The lowest BCUT2D eigenvalue weighted by atomic mass is 10.1. The van der Waals surface area contributed by atoms with Crippen LogP contribution in [0.25, 0.3) is 0 Å². The minimum Gasteiger partial charge on any atom is -0.353 e. The van der Waals surface area contributed by atoms with Gasteiger partial charge < -0.3 is 9.47 Å². The molecule has 0 aliphatic carbocycles. The van der Waals surface area contributed by atoms with Crippen LogP contribution in [0.4, 0.5) is 0 Å². The van der Waals surface area contributed by atoms with Gasteiger partial charge in [-0.2, -0.15) is 0 Å². The van der Waals surface area contributed by atoms with Crippen molar-refractivity contribution in [3.63, 3.8) is 0 Å². The molecule has 0 aromatic rings. The molecule has 0 aromatic carbocycles. The molecular formula is C15H25IO2. The topological polar surface area (TPSA) is 18.5 Å². The summed E-state index contributed by atoms with van der Waals surface area (Å²) >= 11 is 2.29. The van der Waals surface area contributed by atoms with Crippen molar-refractivity contribution in [3.8, 4) is 11.8 Å². The number of hydrogen-bond acceptors (Lipinski definition) is 2. The van der Waals surface area contributed by atoms with E-state index in [-0.39, 0.29) is 6.29 Å². The minimum absolute atomic E-state index is 0.0586. The molecule has 0 N–H and O–H groups in total. The van der Waals surface area contributed by atoms with Gasteiger partial charge in [-0.25, -0.2) is 0 Å². The molecule has 1 saturated heterocycles. The number of halogens is 1. The van der Waals surface area contributed by atoms with Crippen LogP contribution in [0.15, 0.2) is 0 Å². The van der Waals surface area contributed by atoms with Crippen LogP contribution in [0, 0.1) is 11.8 Å². The molecular weight excluding hydrogens is 339 g/mol. The predicted octanol–water partition coefficient (Wildman–Crippen LogP) is 4.31. The predicted molar refractivity (Wildman–Crippen MR) is 83.9 cm³/mol. The Bertz CT molecular complexity index is 251. The molecule has 0 saturated carbocycles. The summed E-state index contributed by atoms with van der Waals surface area (Å²) in [5, 5.41) is 0. The summed E-state index contributed by atoms with van der Waals surface area (Å²) in [7, 11) is 0. The number of hydrogen-bond donors (Lipinski definition) is 0. The highest BCUT2D eigenvalue weighted by Crippen LogP contribution is 2.17. The van der Waals surface area contributed by atoms with Crippen LogP contribution in [0.1, 0.15) is 58.3 Å². The second kappa shape index (κ2) is 11.1. The van der Waals surface area contributed by atoms with E-state index in [0.29, 0.717) is 6.10 Å². The highest BCUT2D eigenvalue weighted by molar-refractivity contribution is 14.1. The van der Waals surface area contributed by atoms with Gasteiger partial charge in [0.05, 0.1) is 10.5 Å². The summed E-state index contributed by atoms with van der Waals surface area (Å²) in [5.41, 5.74) is 0. The Kier molecular flexibility index (Phi) is 10.0. The first-order valence-corrected chi connectivity index (χ1v) is 8.64. The number of rotatable bonds is 7. The highest BCUT2D eigenvalue weighted by atomic mass is 127. The summed E-state index contributed by atoms with van der Waals surface area (Å²) < 4.78 is 12.4. The summed E-state index contributed by atoms with van der Waals surface area (Å²) in [5.74, 6) is 6.28. The first-order chi connectivity index (χ1) is 8.83. The fraction of sp³-hybridized carbons (Fsp3) is 0.867. The van der Waals surface area contributed by atoms with E-state index < -0.39 is 0 Å². The Morgan fingerprint density at radius 3 is 2.89 bits per heavy atom. The molecule has 1 rings (SSSR count). The van der Waals surface area contributed by atoms with Gasteiger partial charge >= 0.3 is 0 Å². The average molecular weight is 364 g/mol. The van der Waals surface area contributed by atoms with Crippen molar-refractivity contribution in [2.45, 2.75) is 70.7 Å². The lowest BCUT2D eigenvalue weighted by Crippen LogP contribution is -2.26. The molecule has 0 radical (unpaired) electrons. The first kappa shape index (κ1) is 16.3. The van der Waals surface area contributed by atoms with Crippen LogP contribution >= 0.6 is 22.6 Å². The van der Waals surface area contributed by atoms with E-state index in [1.54, 1.807) is 0 Å². The molecule has 0 bridgehead atoms. The van der Waals surface area contributed by atoms with Crippen molar-refractivity contribution >= 4 is 22.6 Å². The summed E-state index contributed by atoms with van der Waals surface area (Å²) in [4.78, 5) is 0. The van der Waals surface area contributed by atoms with E-state index in [9.17, 15) is 0 Å². The zero-order chi connectivity index (χ0) is 13.1. The van der Waals surface area contributed by atoms with Crippen LogP contribution in [0.2, 0.25) is 0 Å². The van der Waals surface area contributed by atoms with Gasteiger partial charge in [0.1, 0.15) is 0 Å². The van der Waals surface area contributed by atoms with Crippen LogP contribution in [-0.4, -0.2) is 23.4 Å². The van der Waals surface area contributed by atoms with Crippen LogP contribution in [-0.2, 0) is 9.47 Å². The molecule has 0 amide bonds. The van der Waals surface area contributed by atoms with Crippen LogP contribution in [0.5, 0.6) is 0 Å². The Labute approximate surface area is 125 Å². The SMILES string of the molecule is CC(CCCCCC#CCI)OC1CCCCO1. The van der Waals surface area contributed by atoms with Crippen molar-refractivity contribution < 1.29 is 9.47 Å². The quantitative estimate of drug-likeness (QED) is 0.290. The molecule has 2 unspecified atom stereocenters. The largest absolute Gasteiger partial charge is 0.353 e. The smallest absolute Gasteiger partial charge is 0.157 e. The van der Waals surface area contributed by atoms with Gasteiger partial charge in [0, 0.05) is 13.0 Å². The van der Waals surface area contributed by atoms with Crippen molar-refractivity contribution in [3.05, 3.63) is 0 Å². The van der Waals surface area contributed by atoms with Crippen molar-refractivity contribution in [2.75, 3.05) is 11.0 Å². The third kappa shape index (κ3) is 8.34. The van der Waals surface area contributed by atoms with Gasteiger partial charge in [-0.05, 0) is 39.0 Å². The zero-order valence-electron chi connectivity index (χ0n) is 11.4. The summed E-state index contributed by atoms with van der Waals surface area (Å²) in [6.07, 6.45) is 9.78. The van der Waals surface area contributed by atoms with Crippen LogP contribution in [0.3, 0.4) is 0 Å². The maximum atomic E-state index is 5.89. The molecule has 0 spiro atoms. The van der Waals surface area contributed by atoms with Gasteiger partial charge in [0.2, 0.25) is 0 Å². The third-order valence-corrected chi connectivity index (χ3v) is 3.51.